The summed E-state index contributed by atoms with van der Waals surface area (Å²) >= 11 is 0. The van der Waals surface area contributed by atoms with E-state index >= 15 is 0 Å². The summed E-state index contributed by atoms with van der Waals surface area (Å²) in [6, 6.07) is 2.08. The van der Waals surface area contributed by atoms with Crippen molar-refractivity contribution in [3.05, 3.63) is 24.2 Å². The van der Waals surface area contributed by atoms with Crippen LogP contribution >= 0.6 is 0 Å². The fourth-order valence-electron chi connectivity index (χ4n) is 2.45. The van der Waals surface area contributed by atoms with Gasteiger partial charge in [0.15, 0.2) is 0 Å². The van der Waals surface area contributed by atoms with Crippen molar-refractivity contribution < 1.29 is 9.15 Å². The Morgan fingerprint density at radius 1 is 1.50 bits per heavy atom. The van der Waals surface area contributed by atoms with Crippen LogP contribution in [-0.4, -0.2) is 26.8 Å². The van der Waals surface area contributed by atoms with E-state index in [0.717, 1.165) is 26.1 Å². The van der Waals surface area contributed by atoms with E-state index < -0.39 is 0 Å². The number of furan rings is 1. The first-order valence-electron chi connectivity index (χ1n) is 6.05. The standard InChI is InChI=1S/C13H21NO2/c1-15-8-6-14-11-13(4-2-5-13)9-12-3-7-16-10-12/h3,7,10,14H,2,4-6,8-9,11H2,1H3. The molecule has 1 aromatic rings. The van der Waals surface area contributed by atoms with Crippen LogP contribution in [0, 0.1) is 5.41 Å². The fraction of sp³-hybridized carbons (Fsp3) is 0.692. The van der Waals surface area contributed by atoms with Gasteiger partial charge in [0.1, 0.15) is 0 Å². The number of rotatable bonds is 7. The van der Waals surface area contributed by atoms with Gasteiger partial charge in [-0.25, -0.2) is 0 Å². The van der Waals surface area contributed by atoms with Gasteiger partial charge in [-0.05, 0) is 36.3 Å². The lowest BCUT2D eigenvalue weighted by molar-refractivity contribution is 0.123. The molecule has 3 nitrogen and oxygen atoms in total. The molecule has 1 aliphatic carbocycles. The van der Waals surface area contributed by atoms with Crippen LogP contribution in [0.15, 0.2) is 23.0 Å². The van der Waals surface area contributed by atoms with Crippen LogP contribution in [0.5, 0.6) is 0 Å². The third-order valence-corrected chi connectivity index (χ3v) is 3.56. The van der Waals surface area contributed by atoms with Gasteiger partial charge in [-0.1, -0.05) is 6.42 Å². The predicted molar refractivity (Wildman–Crippen MR) is 63.4 cm³/mol. The maximum absolute atomic E-state index is 5.13. The zero-order chi connectivity index (χ0) is 11.3. The van der Waals surface area contributed by atoms with Crippen molar-refractivity contribution in [3.63, 3.8) is 0 Å². The second kappa shape index (κ2) is 5.51. The predicted octanol–water partition coefficient (Wildman–Crippen LogP) is 2.23. The number of methoxy groups -OCH3 is 1. The van der Waals surface area contributed by atoms with Gasteiger partial charge >= 0.3 is 0 Å². The quantitative estimate of drug-likeness (QED) is 0.720. The molecule has 0 spiro atoms. The van der Waals surface area contributed by atoms with Crippen molar-refractivity contribution in [3.8, 4) is 0 Å². The maximum Gasteiger partial charge on any atom is 0.0934 e. The summed E-state index contributed by atoms with van der Waals surface area (Å²) in [4.78, 5) is 0. The van der Waals surface area contributed by atoms with E-state index in [2.05, 4.69) is 11.4 Å². The highest BCUT2D eigenvalue weighted by Crippen LogP contribution is 2.43. The summed E-state index contributed by atoms with van der Waals surface area (Å²) in [5.74, 6) is 0. The Bertz CT molecular complexity index is 291. The minimum Gasteiger partial charge on any atom is -0.472 e. The second-order valence-corrected chi connectivity index (χ2v) is 4.83. The van der Waals surface area contributed by atoms with Crippen molar-refractivity contribution in [2.24, 2.45) is 5.41 Å². The Labute approximate surface area is 97.2 Å². The Hall–Kier alpha value is -0.800. The lowest BCUT2D eigenvalue weighted by atomic mass is 9.65. The summed E-state index contributed by atoms with van der Waals surface area (Å²) in [6.45, 7) is 2.84. The Morgan fingerprint density at radius 3 is 2.94 bits per heavy atom. The summed E-state index contributed by atoms with van der Waals surface area (Å²) in [7, 11) is 1.74. The van der Waals surface area contributed by atoms with Gasteiger partial charge < -0.3 is 14.5 Å². The molecule has 0 saturated heterocycles. The van der Waals surface area contributed by atoms with Gasteiger partial charge in [0, 0.05) is 20.2 Å². The molecule has 0 unspecified atom stereocenters. The third kappa shape index (κ3) is 2.86. The van der Waals surface area contributed by atoms with Gasteiger partial charge in [0.05, 0.1) is 19.1 Å². The first-order chi connectivity index (χ1) is 7.85. The number of nitrogens with one attached hydrogen (secondary N) is 1. The van der Waals surface area contributed by atoms with Crippen molar-refractivity contribution in [2.75, 3.05) is 26.8 Å². The molecule has 1 heterocycles. The zero-order valence-corrected chi connectivity index (χ0v) is 10.00. The molecule has 0 atom stereocenters. The number of hydrogen-bond donors (Lipinski definition) is 1. The SMILES string of the molecule is COCCNCC1(Cc2ccoc2)CCC1. The average molecular weight is 223 g/mol. The van der Waals surface area contributed by atoms with Gasteiger partial charge in [-0.2, -0.15) is 0 Å². The zero-order valence-electron chi connectivity index (χ0n) is 10.00. The molecule has 0 aromatic carbocycles. The van der Waals surface area contributed by atoms with Gasteiger partial charge in [-0.3, -0.25) is 0 Å². The maximum atomic E-state index is 5.13. The molecule has 1 aromatic heterocycles. The average Bonchev–Trinajstić information content (AvgIpc) is 2.73. The van der Waals surface area contributed by atoms with Crippen LogP contribution in [0.25, 0.3) is 0 Å². The highest BCUT2D eigenvalue weighted by molar-refractivity contribution is 5.11. The Balaban J connectivity index is 1.78. The van der Waals surface area contributed by atoms with E-state index in [4.69, 9.17) is 9.15 Å². The molecule has 90 valence electrons. The first-order valence-corrected chi connectivity index (χ1v) is 6.05. The molecule has 3 heteroatoms. The lowest BCUT2D eigenvalue weighted by Gasteiger charge is -2.42. The summed E-state index contributed by atoms with van der Waals surface area (Å²) < 4.78 is 10.2. The van der Waals surface area contributed by atoms with E-state index in [1.165, 1.54) is 24.8 Å². The normalized spacial score (nSPS) is 18.3. The Kier molecular flexibility index (Phi) is 4.02. The van der Waals surface area contributed by atoms with Crippen LogP contribution < -0.4 is 5.32 Å². The van der Waals surface area contributed by atoms with E-state index in [1.807, 2.05) is 6.26 Å². The smallest absolute Gasteiger partial charge is 0.0934 e. The monoisotopic (exact) mass is 223 g/mol. The molecular formula is C13H21NO2. The second-order valence-electron chi connectivity index (χ2n) is 4.83. The van der Waals surface area contributed by atoms with Crippen LogP contribution in [0.2, 0.25) is 0 Å². The van der Waals surface area contributed by atoms with Crippen molar-refractivity contribution in [2.45, 2.75) is 25.7 Å². The lowest BCUT2D eigenvalue weighted by Crippen LogP contribution is -2.42. The molecule has 1 saturated carbocycles. The summed E-state index contributed by atoms with van der Waals surface area (Å²) in [5, 5.41) is 3.49. The molecule has 2 rings (SSSR count). The molecule has 1 fully saturated rings. The van der Waals surface area contributed by atoms with E-state index in [0.29, 0.717) is 5.41 Å². The molecule has 0 amide bonds. The van der Waals surface area contributed by atoms with Crippen molar-refractivity contribution in [1.29, 1.82) is 0 Å². The first kappa shape index (κ1) is 11.7. The van der Waals surface area contributed by atoms with E-state index in [9.17, 15) is 0 Å². The third-order valence-electron chi connectivity index (χ3n) is 3.56. The summed E-state index contributed by atoms with van der Waals surface area (Å²) in [6.07, 6.45) is 8.80. The van der Waals surface area contributed by atoms with Crippen LogP contribution in [0.3, 0.4) is 0 Å². The summed E-state index contributed by atoms with van der Waals surface area (Å²) in [5.41, 5.74) is 1.80. The van der Waals surface area contributed by atoms with Crippen molar-refractivity contribution in [1.82, 2.24) is 5.32 Å². The number of hydrogen-bond acceptors (Lipinski definition) is 3. The highest BCUT2D eigenvalue weighted by atomic mass is 16.5. The molecule has 16 heavy (non-hydrogen) atoms. The molecule has 1 N–H and O–H groups in total. The topological polar surface area (TPSA) is 34.4 Å². The molecule has 0 bridgehead atoms. The van der Waals surface area contributed by atoms with Crippen LogP contribution in [-0.2, 0) is 11.2 Å². The van der Waals surface area contributed by atoms with E-state index in [1.54, 1.807) is 13.4 Å². The molecule has 0 radical (unpaired) electrons. The van der Waals surface area contributed by atoms with Gasteiger partial charge in [0.25, 0.3) is 0 Å². The fourth-order valence-corrected chi connectivity index (χ4v) is 2.45. The minimum atomic E-state index is 0.470. The van der Waals surface area contributed by atoms with E-state index in [-0.39, 0.29) is 0 Å². The highest BCUT2D eigenvalue weighted by Gasteiger charge is 2.36. The largest absolute Gasteiger partial charge is 0.472 e. The molecule has 1 aliphatic rings. The van der Waals surface area contributed by atoms with Crippen molar-refractivity contribution >= 4 is 0 Å². The Morgan fingerprint density at radius 2 is 2.38 bits per heavy atom. The molecule has 0 aliphatic heterocycles. The minimum absolute atomic E-state index is 0.470. The van der Waals surface area contributed by atoms with Crippen LogP contribution in [0.4, 0.5) is 0 Å². The molecular weight excluding hydrogens is 202 g/mol. The number of ether oxygens (including phenoxy) is 1. The van der Waals surface area contributed by atoms with Gasteiger partial charge in [-0.15, -0.1) is 0 Å². The van der Waals surface area contributed by atoms with Gasteiger partial charge in [0.2, 0.25) is 0 Å². The van der Waals surface area contributed by atoms with Crippen LogP contribution in [0.1, 0.15) is 24.8 Å².